The summed E-state index contributed by atoms with van der Waals surface area (Å²) in [5.74, 6) is 3.14. The number of carbonyl (C=O) groups is 1. The summed E-state index contributed by atoms with van der Waals surface area (Å²) in [5, 5.41) is 84.1. The summed E-state index contributed by atoms with van der Waals surface area (Å²) >= 11 is 0. The standard InChI is InChI=1S/C22H38N2.C21H39N7O12/c1-16(2)5-4-6-17(3)7-8-23-9-10-24-22-20-12-18-11-19(14-20)15-21(22)13-18;1-5-21(36,4-30)16(40-17-9(26-2)13(34)10(31)6(3-29)38-17)18(37-5)39-15-8(28-20(24)25)11(32)7(27-19(22)23)12(33)14(15)35/h5,7,18-24H,4,6,8-15H2,1-3H3;4-18,26,29,31-36H,3H2,1-2H3,(H4,22,23,27)(H4,24,25,28)/b17-7+;/t;5-,6-,7+,8-,9-,10-,11+,12-,13-,14+,15+,16-,17-,18-,21+/m.0/s1. The number of aliphatic imine (C=N–C) groups is 2. The van der Waals surface area contributed by atoms with Gasteiger partial charge >= 0.3 is 0 Å². The van der Waals surface area contributed by atoms with Crippen LogP contribution in [-0.2, 0) is 23.7 Å². The third kappa shape index (κ3) is 12.4. The highest BCUT2D eigenvalue weighted by atomic mass is 16.8. The van der Waals surface area contributed by atoms with Gasteiger partial charge in [0.25, 0.3) is 0 Å². The molecule has 21 heteroatoms. The van der Waals surface area contributed by atoms with Crippen molar-refractivity contribution in [3.63, 3.8) is 0 Å². The van der Waals surface area contributed by atoms with Gasteiger partial charge in [-0.1, -0.05) is 23.3 Å². The van der Waals surface area contributed by atoms with Crippen LogP contribution in [0.1, 0.15) is 72.6 Å². The van der Waals surface area contributed by atoms with Crippen LogP contribution in [0.5, 0.6) is 0 Å². The first kappa shape index (κ1) is 52.1. The first-order valence-electron chi connectivity index (χ1n) is 22.7. The maximum absolute atomic E-state index is 12.1. The number of nitrogens with two attached hydrogens (primary N) is 4. The van der Waals surface area contributed by atoms with E-state index in [1.807, 2.05) is 0 Å². The zero-order chi connectivity index (χ0) is 47.0. The van der Waals surface area contributed by atoms with Crippen molar-refractivity contribution in [1.82, 2.24) is 16.0 Å². The number of carbonyl (C=O) groups excluding carboxylic acids is 1. The number of aliphatic hydroxyl groups excluding tert-OH is 6. The Kier molecular flexibility index (Phi) is 18.9. The van der Waals surface area contributed by atoms with E-state index < -0.39 is 110 Å². The predicted molar refractivity (Wildman–Crippen MR) is 237 cm³/mol. The highest BCUT2D eigenvalue weighted by Gasteiger charge is 2.61. The van der Waals surface area contributed by atoms with Crippen LogP contribution in [-0.4, -0.2) is 185 Å². The molecule has 21 nitrogen and oxygen atoms in total. The van der Waals surface area contributed by atoms with E-state index in [4.69, 9.17) is 41.9 Å². The van der Waals surface area contributed by atoms with Crippen molar-refractivity contribution < 1.29 is 59.5 Å². The molecule has 0 spiro atoms. The van der Waals surface area contributed by atoms with Crippen molar-refractivity contribution in [2.45, 2.75) is 170 Å². The lowest BCUT2D eigenvalue weighted by Crippen LogP contribution is -2.66. The zero-order valence-electron chi connectivity index (χ0n) is 37.9. The predicted octanol–water partition coefficient (Wildman–Crippen LogP) is -3.48. The summed E-state index contributed by atoms with van der Waals surface area (Å²) < 4.78 is 22.9. The van der Waals surface area contributed by atoms with Gasteiger partial charge in [-0.15, -0.1) is 0 Å². The average Bonchev–Trinajstić information content (AvgIpc) is 3.47. The number of likely N-dealkylation sites (N-methyl/N-ethyl adjacent to an activating group) is 1. The van der Waals surface area contributed by atoms with Crippen LogP contribution in [0.15, 0.2) is 33.3 Å². The molecule has 18 N–H and O–H groups in total. The smallest absolute Gasteiger partial charge is 0.188 e. The molecule has 7 rings (SSSR count). The normalized spacial score (nSPS) is 42.6. The quantitative estimate of drug-likeness (QED) is 0.0209. The van der Waals surface area contributed by atoms with Crippen LogP contribution in [0.4, 0.5) is 0 Å². The molecule has 7 aliphatic rings. The van der Waals surface area contributed by atoms with Gasteiger partial charge in [-0.3, -0.25) is 4.79 Å². The molecule has 0 aromatic heterocycles. The van der Waals surface area contributed by atoms with E-state index >= 15 is 0 Å². The minimum atomic E-state index is -2.38. The molecular weight excluding hydrogens is 835 g/mol. The molecule has 2 saturated heterocycles. The van der Waals surface area contributed by atoms with Crippen molar-refractivity contribution >= 4 is 18.2 Å². The monoisotopic (exact) mass is 912 g/mol. The van der Waals surface area contributed by atoms with Gasteiger partial charge in [0, 0.05) is 25.7 Å². The third-order valence-electron chi connectivity index (χ3n) is 13.9. The van der Waals surface area contributed by atoms with E-state index in [9.17, 15) is 40.5 Å². The highest BCUT2D eigenvalue weighted by Crippen LogP contribution is 2.53. The number of aliphatic hydroxyl groups is 7. The summed E-state index contributed by atoms with van der Waals surface area (Å²) in [6.45, 7) is 10.5. The fraction of sp³-hybridized carbons (Fsp3) is 0.837. The maximum atomic E-state index is 12.1. The van der Waals surface area contributed by atoms with Crippen LogP contribution in [0.3, 0.4) is 0 Å². The molecule has 2 heterocycles. The molecular formula is C43H77N9O12. The summed E-state index contributed by atoms with van der Waals surface area (Å²) in [6.07, 6.45) is -2.62. The van der Waals surface area contributed by atoms with E-state index in [0.29, 0.717) is 0 Å². The molecule has 4 bridgehead atoms. The highest BCUT2D eigenvalue weighted by molar-refractivity contribution is 5.76. The van der Waals surface area contributed by atoms with E-state index in [2.05, 4.69) is 58.9 Å². The van der Waals surface area contributed by atoms with E-state index in [0.717, 1.165) is 49.3 Å². The van der Waals surface area contributed by atoms with E-state index in [1.165, 1.54) is 63.6 Å². The number of hydrogen-bond donors (Lipinski definition) is 14. The Morgan fingerprint density at radius 2 is 1.41 bits per heavy atom. The van der Waals surface area contributed by atoms with E-state index in [1.54, 1.807) is 6.42 Å². The van der Waals surface area contributed by atoms with Gasteiger partial charge in [0.05, 0.1) is 18.8 Å². The molecule has 2 aliphatic heterocycles. The Bertz CT molecular complexity index is 1600. The van der Waals surface area contributed by atoms with Crippen molar-refractivity contribution in [2.24, 2.45) is 56.6 Å². The second-order valence-electron chi connectivity index (χ2n) is 18.9. The second-order valence-corrected chi connectivity index (χ2v) is 18.9. The Hall–Kier alpha value is -2.87. The minimum Gasteiger partial charge on any atom is -0.394 e. The molecule has 0 amide bonds. The van der Waals surface area contributed by atoms with Crippen LogP contribution in [0.2, 0.25) is 0 Å². The average molecular weight is 912 g/mol. The van der Waals surface area contributed by atoms with Crippen molar-refractivity contribution in [3.8, 4) is 0 Å². The molecule has 5 saturated carbocycles. The fourth-order valence-corrected chi connectivity index (χ4v) is 10.7. The van der Waals surface area contributed by atoms with Crippen LogP contribution < -0.4 is 38.9 Å². The van der Waals surface area contributed by atoms with Crippen LogP contribution >= 0.6 is 0 Å². The number of nitrogens with one attached hydrogen (secondary N) is 3. The number of guanidine groups is 2. The molecule has 64 heavy (non-hydrogen) atoms. The van der Waals surface area contributed by atoms with Crippen molar-refractivity contribution in [1.29, 1.82) is 0 Å². The molecule has 5 aliphatic carbocycles. The molecule has 0 aromatic rings. The fourth-order valence-electron chi connectivity index (χ4n) is 10.7. The van der Waals surface area contributed by atoms with Crippen LogP contribution in [0, 0.1) is 23.7 Å². The molecule has 15 atom stereocenters. The number of nitrogens with zero attached hydrogens (tertiary/aromatic N) is 2. The summed E-state index contributed by atoms with van der Waals surface area (Å²) in [4.78, 5) is 19.7. The Morgan fingerprint density at radius 3 is 1.97 bits per heavy atom. The van der Waals surface area contributed by atoms with Gasteiger partial charge in [0.1, 0.15) is 60.9 Å². The number of rotatable bonds is 18. The minimum absolute atomic E-state index is 0.140. The number of ether oxygens (including phenoxy) is 4. The van der Waals surface area contributed by atoms with Gasteiger partial charge in [-0.2, -0.15) is 0 Å². The Morgan fingerprint density at radius 1 is 0.781 bits per heavy atom. The van der Waals surface area contributed by atoms with Crippen LogP contribution in [0.25, 0.3) is 0 Å². The summed E-state index contributed by atoms with van der Waals surface area (Å²) in [5.41, 5.74) is 22.3. The third-order valence-corrected chi connectivity index (χ3v) is 13.9. The first-order valence-corrected chi connectivity index (χ1v) is 22.7. The van der Waals surface area contributed by atoms with Gasteiger partial charge in [-0.25, -0.2) is 9.98 Å². The largest absolute Gasteiger partial charge is 0.394 e. The zero-order valence-corrected chi connectivity index (χ0v) is 37.9. The Labute approximate surface area is 376 Å². The van der Waals surface area contributed by atoms with Gasteiger partial charge in [-0.05, 0) is 103 Å². The number of hydrogen-bond acceptors (Lipinski definition) is 17. The molecule has 0 radical (unpaired) electrons. The van der Waals surface area contributed by atoms with Gasteiger partial charge < -0.3 is 93.6 Å². The SMILES string of the molecule is CC(C)=CCC/C(C)=C/CNCCNC1C2CC3CC(C2)CC1C3.CN[C@@H]1[C@H](O[C@H]2[C@H](O[C@H]3[C@H](O)[C@@H](O)[C@H](N=C(N)N)[C@@H](O)[C@@H]3N=C(N)N)O[C@@H](C)[C@]2(O)C=O)O[C@@H](CO)[C@H](O)[C@H]1O. The van der Waals surface area contributed by atoms with Gasteiger partial charge in [0.15, 0.2) is 36.4 Å². The van der Waals surface area contributed by atoms with Crippen molar-refractivity contribution in [3.05, 3.63) is 23.3 Å². The topological polar surface area (TPSA) is 360 Å². The Balaban J connectivity index is 0.000000272. The lowest BCUT2D eigenvalue weighted by Gasteiger charge is -2.54. The first-order chi connectivity index (χ1) is 30.3. The second kappa shape index (κ2) is 23.2. The molecule has 7 fully saturated rings. The number of aldehydes is 1. The molecule has 0 unspecified atom stereocenters. The van der Waals surface area contributed by atoms with Crippen molar-refractivity contribution in [2.75, 3.05) is 33.3 Å². The maximum Gasteiger partial charge on any atom is 0.188 e. The lowest BCUT2D eigenvalue weighted by atomic mass is 9.54. The molecule has 0 aromatic carbocycles. The number of allylic oxidation sites excluding steroid dienone is 3. The molecule has 366 valence electrons. The lowest BCUT2D eigenvalue weighted by molar-refractivity contribution is -0.314. The van der Waals surface area contributed by atoms with Gasteiger partial charge in [0.2, 0.25) is 0 Å². The summed E-state index contributed by atoms with van der Waals surface area (Å²) in [7, 11) is 1.42. The summed E-state index contributed by atoms with van der Waals surface area (Å²) in [6, 6.07) is -3.25. The van der Waals surface area contributed by atoms with E-state index in [-0.39, 0.29) is 6.29 Å².